The highest BCUT2D eigenvalue weighted by molar-refractivity contribution is 6.35. The van der Waals surface area contributed by atoms with Crippen molar-refractivity contribution >= 4 is 29.0 Å². The Balaban J connectivity index is 2.29. The molecule has 0 aliphatic heterocycles. The van der Waals surface area contributed by atoms with Gasteiger partial charge in [0.2, 0.25) is 0 Å². The van der Waals surface area contributed by atoms with E-state index >= 15 is 0 Å². The number of hydrogen-bond acceptors (Lipinski definition) is 4. The first-order chi connectivity index (χ1) is 8.60. The molecule has 0 bridgehead atoms. The molecule has 1 aromatic heterocycles. The number of benzene rings is 1. The molecule has 0 aliphatic carbocycles. The quantitative estimate of drug-likeness (QED) is 0.917. The number of nitrogens with zero attached hydrogens (tertiary/aromatic N) is 3. The van der Waals surface area contributed by atoms with Crippen molar-refractivity contribution in [2.45, 2.75) is 6.42 Å². The molecule has 18 heavy (non-hydrogen) atoms. The summed E-state index contributed by atoms with van der Waals surface area (Å²) in [7, 11) is 0. The summed E-state index contributed by atoms with van der Waals surface area (Å²) < 4.78 is 0. The molecule has 0 aliphatic rings. The highest BCUT2D eigenvalue weighted by Gasteiger charge is 2.07. The van der Waals surface area contributed by atoms with Crippen molar-refractivity contribution < 1.29 is 0 Å². The van der Waals surface area contributed by atoms with Crippen LogP contribution in [0.15, 0.2) is 24.4 Å². The minimum Gasteiger partial charge on any atom is -0.382 e. The number of rotatable bonds is 2. The molecule has 4 nitrogen and oxygen atoms in total. The molecule has 0 atom stereocenters. The predicted octanol–water partition coefficient (Wildman–Crippen LogP) is 2.83. The van der Waals surface area contributed by atoms with Crippen molar-refractivity contribution in [3.63, 3.8) is 0 Å². The molecule has 1 aromatic carbocycles. The molecule has 0 saturated heterocycles. The average molecular weight is 279 g/mol. The molecule has 90 valence electrons. The second kappa shape index (κ2) is 5.21. The van der Waals surface area contributed by atoms with Gasteiger partial charge >= 0.3 is 0 Å². The molecule has 0 saturated carbocycles. The number of nitrogens with two attached hydrogens (primary N) is 1. The lowest BCUT2D eigenvalue weighted by Crippen LogP contribution is -2.03. The molecular formula is C12H8Cl2N4. The first-order valence-corrected chi connectivity index (χ1v) is 5.81. The number of nitrogen functional groups attached to an aromatic ring is 1. The molecule has 2 N–H and O–H groups in total. The third kappa shape index (κ3) is 2.70. The normalized spacial score (nSPS) is 10.1. The number of anilines is 1. The summed E-state index contributed by atoms with van der Waals surface area (Å²) in [6.07, 6.45) is 1.84. The van der Waals surface area contributed by atoms with Crippen LogP contribution in [0.25, 0.3) is 0 Å². The van der Waals surface area contributed by atoms with Crippen LogP contribution in [0.1, 0.15) is 17.0 Å². The minimum absolute atomic E-state index is 0.174. The largest absolute Gasteiger partial charge is 0.382 e. The Bertz CT molecular complexity index is 634. The number of hydrogen-bond donors (Lipinski definition) is 1. The van der Waals surface area contributed by atoms with Gasteiger partial charge in [-0.3, -0.25) is 0 Å². The van der Waals surface area contributed by atoms with Gasteiger partial charge in [0.05, 0.1) is 6.20 Å². The Hall–Kier alpha value is -1.83. The Morgan fingerprint density at radius 3 is 2.72 bits per heavy atom. The average Bonchev–Trinajstić information content (AvgIpc) is 2.33. The van der Waals surface area contributed by atoms with Crippen LogP contribution in [0.5, 0.6) is 0 Å². The van der Waals surface area contributed by atoms with Crippen LogP contribution in [0.2, 0.25) is 10.0 Å². The SMILES string of the molecule is N#Cc1cnc(Cc2ccc(Cl)cc2Cl)nc1N. The summed E-state index contributed by atoms with van der Waals surface area (Å²) in [6, 6.07) is 7.12. The molecular weight excluding hydrogens is 271 g/mol. The fraction of sp³-hybridized carbons (Fsp3) is 0.0833. The summed E-state index contributed by atoms with van der Waals surface area (Å²) in [5.41, 5.74) is 6.74. The molecule has 0 amide bonds. The van der Waals surface area contributed by atoms with E-state index in [4.69, 9.17) is 34.2 Å². The molecule has 2 aromatic rings. The highest BCUT2D eigenvalue weighted by atomic mass is 35.5. The lowest BCUT2D eigenvalue weighted by atomic mass is 10.1. The molecule has 0 unspecified atom stereocenters. The van der Waals surface area contributed by atoms with Crippen LogP contribution in [0.3, 0.4) is 0 Å². The van der Waals surface area contributed by atoms with Crippen molar-refractivity contribution in [1.29, 1.82) is 5.26 Å². The van der Waals surface area contributed by atoms with E-state index in [9.17, 15) is 0 Å². The Morgan fingerprint density at radius 2 is 2.11 bits per heavy atom. The van der Waals surface area contributed by atoms with E-state index in [1.165, 1.54) is 6.20 Å². The number of halogens is 2. The van der Waals surface area contributed by atoms with Gasteiger partial charge in [0, 0.05) is 16.5 Å². The minimum atomic E-state index is 0.174. The van der Waals surface area contributed by atoms with Crippen LogP contribution in [-0.4, -0.2) is 9.97 Å². The van der Waals surface area contributed by atoms with E-state index < -0.39 is 0 Å². The topological polar surface area (TPSA) is 75.6 Å². The molecule has 0 radical (unpaired) electrons. The highest BCUT2D eigenvalue weighted by Crippen LogP contribution is 2.22. The van der Waals surface area contributed by atoms with Crippen molar-refractivity contribution in [3.8, 4) is 6.07 Å². The van der Waals surface area contributed by atoms with Gasteiger partial charge in [-0.2, -0.15) is 5.26 Å². The Labute approximate surface area is 114 Å². The second-order valence-corrected chi connectivity index (χ2v) is 4.45. The van der Waals surface area contributed by atoms with Crippen LogP contribution >= 0.6 is 23.2 Å². The smallest absolute Gasteiger partial charge is 0.145 e. The van der Waals surface area contributed by atoms with E-state index in [2.05, 4.69) is 9.97 Å². The van der Waals surface area contributed by atoms with E-state index in [1.807, 2.05) is 12.1 Å². The first-order valence-electron chi connectivity index (χ1n) is 5.05. The van der Waals surface area contributed by atoms with Gasteiger partial charge in [-0.05, 0) is 17.7 Å². The van der Waals surface area contributed by atoms with E-state index in [0.29, 0.717) is 22.3 Å². The van der Waals surface area contributed by atoms with Crippen molar-refractivity contribution in [3.05, 3.63) is 51.4 Å². The lowest BCUT2D eigenvalue weighted by Gasteiger charge is -2.05. The van der Waals surface area contributed by atoms with Crippen molar-refractivity contribution in [2.24, 2.45) is 0 Å². The molecule has 2 rings (SSSR count). The summed E-state index contributed by atoms with van der Waals surface area (Å²) in [6.45, 7) is 0. The van der Waals surface area contributed by atoms with Gasteiger partial charge in [0.15, 0.2) is 0 Å². The van der Waals surface area contributed by atoms with E-state index in [-0.39, 0.29) is 11.4 Å². The zero-order valence-electron chi connectivity index (χ0n) is 9.19. The van der Waals surface area contributed by atoms with Crippen LogP contribution in [0.4, 0.5) is 5.82 Å². The summed E-state index contributed by atoms with van der Waals surface area (Å²) >= 11 is 11.9. The number of nitriles is 1. The van der Waals surface area contributed by atoms with Crippen LogP contribution < -0.4 is 5.73 Å². The Kier molecular flexibility index (Phi) is 3.66. The monoisotopic (exact) mass is 278 g/mol. The van der Waals surface area contributed by atoms with Crippen molar-refractivity contribution in [1.82, 2.24) is 9.97 Å². The maximum absolute atomic E-state index is 8.73. The number of aromatic nitrogens is 2. The maximum atomic E-state index is 8.73. The van der Waals surface area contributed by atoms with Gasteiger partial charge in [-0.15, -0.1) is 0 Å². The summed E-state index contributed by atoms with van der Waals surface area (Å²) in [5, 5.41) is 9.85. The third-order valence-electron chi connectivity index (χ3n) is 2.35. The zero-order valence-corrected chi connectivity index (χ0v) is 10.7. The van der Waals surface area contributed by atoms with Gasteiger partial charge in [0.25, 0.3) is 0 Å². The van der Waals surface area contributed by atoms with E-state index in [1.54, 1.807) is 12.1 Å². The molecule has 6 heteroatoms. The van der Waals surface area contributed by atoms with Gasteiger partial charge in [0.1, 0.15) is 23.3 Å². The summed E-state index contributed by atoms with van der Waals surface area (Å²) in [4.78, 5) is 8.12. The predicted molar refractivity (Wildman–Crippen MR) is 70.4 cm³/mol. The fourth-order valence-corrected chi connectivity index (χ4v) is 1.92. The first kappa shape index (κ1) is 12.6. The fourth-order valence-electron chi connectivity index (χ4n) is 1.44. The van der Waals surface area contributed by atoms with Crippen molar-refractivity contribution in [2.75, 3.05) is 5.73 Å². The molecule has 0 spiro atoms. The van der Waals surface area contributed by atoms with Gasteiger partial charge in [-0.25, -0.2) is 9.97 Å². The van der Waals surface area contributed by atoms with Crippen LogP contribution in [-0.2, 0) is 6.42 Å². The molecule has 1 heterocycles. The summed E-state index contributed by atoms with van der Waals surface area (Å²) in [5.74, 6) is 0.684. The van der Waals surface area contributed by atoms with Gasteiger partial charge < -0.3 is 5.73 Å². The standard InChI is InChI=1S/C12H8Cl2N4/c13-9-2-1-7(10(14)4-9)3-11-17-6-8(5-15)12(16)18-11/h1-2,4,6H,3H2,(H2,16,17,18). The Morgan fingerprint density at radius 1 is 1.33 bits per heavy atom. The lowest BCUT2D eigenvalue weighted by molar-refractivity contribution is 0.970. The van der Waals surface area contributed by atoms with E-state index in [0.717, 1.165) is 5.56 Å². The molecule has 0 fully saturated rings. The maximum Gasteiger partial charge on any atom is 0.145 e. The van der Waals surface area contributed by atoms with Gasteiger partial charge in [-0.1, -0.05) is 29.3 Å². The third-order valence-corrected chi connectivity index (χ3v) is 2.94. The second-order valence-electron chi connectivity index (χ2n) is 3.61. The zero-order chi connectivity index (χ0) is 13.1. The van der Waals surface area contributed by atoms with Crippen LogP contribution in [0, 0.1) is 11.3 Å².